The second-order valence-electron chi connectivity index (χ2n) is 5.93. The van der Waals surface area contributed by atoms with Gasteiger partial charge in [-0.15, -0.1) is 21.5 Å². The van der Waals surface area contributed by atoms with Crippen LogP contribution in [0.25, 0.3) is 5.00 Å². The van der Waals surface area contributed by atoms with Gasteiger partial charge in [-0.3, -0.25) is 19.9 Å². The molecule has 5 N–H and O–H groups in total. The lowest BCUT2D eigenvalue weighted by Gasteiger charge is -2.31. The summed E-state index contributed by atoms with van der Waals surface area (Å²) in [6.45, 7) is 4.12. The van der Waals surface area contributed by atoms with E-state index in [0.29, 0.717) is 16.3 Å². The minimum atomic E-state index is -0.425. The standard InChI is InChI=1S/C14H16N8O2S3/c1-5-6(2)27-11-9(5)10-17-19-13(25-3-7(15)23)21(10)12-18-20-14(22(11)12)26-4-8(16)24/h10,17H,3-4H2,1-2H3,(H2,15,23)(H2,16,24). The van der Waals surface area contributed by atoms with Gasteiger partial charge in [-0.05, 0) is 19.4 Å². The van der Waals surface area contributed by atoms with Crippen LogP contribution in [0.4, 0.5) is 5.95 Å². The first-order valence-electron chi connectivity index (χ1n) is 7.88. The molecule has 2 amide bonds. The van der Waals surface area contributed by atoms with Gasteiger partial charge in [0.15, 0.2) is 16.5 Å². The molecule has 13 heteroatoms. The van der Waals surface area contributed by atoms with E-state index in [1.165, 1.54) is 28.4 Å². The number of nitrogens with one attached hydrogen (secondary N) is 1. The van der Waals surface area contributed by atoms with Crippen molar-refractivity contribution in [2.75, 3.05) is 16.4 Å². The summed E-state index contributed by atoms with van der Waals surface area (Å²) >= 11 is 4.11. The molecule has 0 fully saturated rings. The van der Waals surface area contributed by atoms with Crippen LogP contribution in [0.15, 0.2) is 10.3 Å². The quantitative estimate of drug-likeness (QED) is 0.586. The van der Waals surface area contributed by atoms with E-state index in [2.05, 4.69) is 34.6 Å². The molecule has 2 aromatic heterocycles. The number of carbonyl (C=O) groups excluding carboxylic acids is 2. The molecule has 2 aliphatic heterocycles. The number of aromatic nitrogens is 3. The van der Waals surface area contributed by atoms with E-state index in [4.69, 9.17) is 11.5 Å². The van der Waals surface area contributed by atoms with Crippen LogP contribution in [0.2, 0.25) is 0 Å². The molecule has 0 saturated carbocycles. The molecule has 0 aliphatic carbocycles. The Labute approximate surface area is 166 Å². The van der Waals surface area contributed by atoms with Gasteiger partial charge in [0.05, 0.1) is 11.5 Å². The maximum atomic E-state index is 11.2. The van der Waals surface area contributed by atoms with Gasteiger partial charge < -0.3 is 11.5 Å². The lowest BCUT2D eigenvalue weighted by Crippen LogP contribution is -2.38. The average Bonchev–Trinajstić information content (AvgIpc) is 3.27. The highest BCUT2D eigenvalue weighted by Crippen LogP contribution is 2.47. The molecule has 1 unspecified atom stereocenters. The van der Waals surface area contributed by atoms with Gasteiger partial charge >= 0.3 is 0 Å². The second-order valence-corrected chi connectivity index (χ2v) is 9.01. The topological polar surface area (TPSA) is 145 Å². The molecule has 0 spiro atoms. The SMILES string of the molecule is Cc1sc2c(c1C)C1NN=C(SCC(N)=O)N1c1nnc(SCC(N)=O)n1-2. The van der Waals surface area contributed by atoms with Crippen molar-refractivity contribution in [3.63, 3.8) is 0 Å². The summed E-state index contributed by atoms with van der Waals surface area (Å²) in [4.78, 5) is 25.5. The van der Waals surface area contributed by atoms with E-state index in [1.54, 1.807) is 11.3 Å². The smallest absolute Gasteiger partial charge is 0.241 e. The fourth-order valence-electron chi connectivity index (χ4n) is 2.91. The minimum absolute atomic E-state index is 0.107. The highest BCUT2D eigenvalue weighted by Gasteiger charge is 2.43. The first-order valence-corrected chi connectivity index (χ1v) is 10.7. The molecule has 0 radical (unpaired) electrons. The molecular formula is C14H16N8O2S3. The van der Waals surface area contributed by atoms with Crippen molar-refractivity contribution in [3.8, 4) is 5.00 Å². The number of primary amides is 2. The van der Waals surface area contributed by atoms with Crippen LogP contribution >= 0.6 is 34.9 Å². The van der Waals surface area contributed by atoms with Crippen LogP contribution in [-0.2, 0) is 9.59 Å². The zero-order chi connectivity index (χ0) is 19.3. The predicted octanol–water partition coefficient (Wildman–Crippen LogP) is 0.434. The normalized spacial score (nSPS) is 17.0. The van der Waals surface area contributed by atoms with E-state index in [0.717, 1.165) is 16.1 Å². The van der Waals surface area contributed by atoms with E-state index in [9.17, 15) is 9.59 Å². The number of anilines is 1. The molecule has 10 nitrogen and oxygen atoms in total. The molecule has 0 aromatic carbocycles. The summed E-state index contributed by atoms with van der Waals surface area (Å²) in [5.41, 5.74) is 15.9. The molecule has 0 saturated heterocycles. The number of nitrogens with two attached hydrogens (primary N) is 2. The number of amides is 2. The first kappa shape index (κ1) is 18.1. The van der Waals surface area contributed by atoms with Gasteiger partial charge in [0.25, 0.3) is 0 Å². The first-order chi connectivity index (χ1) is 12.9. The van der Waals surface area contributed by atoms with Crippen molar-refractivity contribution in [1.29, 1.82) is 0 Å². The average molecular weight is 425 g/mol. The molecule has 2 aliphatic rings. The van der Waals surface area contributed by atoms with E-state index < -0.39 is 11.8 Å². The number of hydrogen-bond acceptors (Lipinski definition) is 10. The number of rotatable bonds is 5. The Bertz CT molecular complexity index is 981. The zero-order valence-corrected chi connectivity index (χ0v) is 16.9. The fourth-order valence-corrected chi connectivity index (χ4v) is 5.54. The van der Waals surface area contributed by atoms with Crippen LogP contribution in [-0.4, -0.2) is 43.3 Å². The van der Waals surface area contributed by atoms with Crippen LogP contribution in [0.5, 0.6) is 0 Å². The predicted molar refractivity (Wildman–Crippen MR) is 106 cm³/mol. The molecule has 1 atom stereocenters. The summed E-state index contributed by atoms with van der Waals surface area (Å²) in [7, 11) is 0. The Balaban J connectivity index is 1.80. The zero-order valence-electron chi connectivity index (χ0n) is 14.4. The van der Waals surface area contributed by atoms with Gasteiger partial charge in [-0.2, -0.15) is 5.10 Å². The number of nitrogens with zero attached hydrogens (tertiary/aromatic N) is 5. The van der Waals surface area contributed by atoms with Gasteiger partial charge in [0.2, 0.25) is 17.8 Å². The van der Waals surface area contributed by atoms with Gasteiger partial charge in [-0.25, -0.2) is 4.57 Å². The van der Waals surface area contributed by atoms with Crippen molar-refractivity contribution in [1.82, 2.24) is 20.2 Å². The van der Waals surface area contributed by atoms with E-state index >= 15 is 0 Å². The highest BCUT2D eigenvalue weighted by atomic mass is 32.2. The van der Waals surface area contributed by atoms with Crippen LogP contribution < -0.4 is 21.8 Å². The summed E-state index contributed by atoms with van der Waals surface area (Å²) in [5.74, 6) is -0.0650. The lowest BCUT2D eigenvalue weighted by atomic mass is 10.1. The number of fused-ring (bicyclic) bond motifs is 6. The van der Waals surface area contributed by atoms with Gasteiger partial charge in [0, 0.05) is 10.4 Å². The molecule has 4 heterocycles. The van der Waals surface area contributed by atoms with E-state index in [1.807, 2.05) is 9.47 Å². The maximum Gasteiger partial charge on any atom is 0.241 e. The third-order valence-electron chi connectivity index (χ3n) is 4.15. The molecule has 2 aromatic rings. The lowest BCUT2D eigenvalue weighted by molar-refractivity contribution is -0.116. The summed E-state index contributed by atoms with van der Waals surface area (Å²) in [6.07, 6.45) is -0.231. The van der Waals surface area contributed by atoms with Gasteiger partial charge in [-0.1, -0.05) is 23.5 Å². The maximum absolute atomic E-state index is 11.2. The number of amidine groups is 1. The second kappa shape index (κ2) is 6.73. The third kappa shape index (κ3) is 2.95. The van der Waals surface area contributed by atoms with Crippen LogP contribution in [0.1, 0.15) is 22.2 Å². The largest absolute Gasteiger partial charge is 0.369 e. The van der Waals surface area contributed by atoms with Gasteiger partial charge in [0.1, 0.15) is 5.00 Å². The Hall–Kier alpha value is -2.25. The molecule has 4 rings (SSSR count). The number of carbonyl (C=O) groups is 2. The Kier molecular flexibility index (Phi) is 4.52. The van der Waals surface area contributed by atoms with Crippen molar-refractivity contribution in [2.45, 2.75) is 25.2 Å². The van der Waals surface area contributed by atoms with Crippen molar-refractivity contribution in [3.05, 3.63) is 16.0 Å². The Morgan fingerprint density at radius 1 is 1.19 bits per heavy atom. The van der Waals surface area contributed by atoms with Crippen molar-refractivity contribution >= 4 is 57.8 Å². The third-order valence-corrected chi connectivity index (χ3v) is 7.29. The fraction of sp³-hybridized carbons (Fsp3) is 0.357. The number of thioether (sulfide) groups is 2. The molecule has 27 heavy (non-hydrogen) atoms. The van der Waals surface area contributed by atoms with Crippen molar-refractivity contribution < 1.29 is 9.59 Å². The van der Waals surface area contributed by atoms with E-state index in [-0.39, 0.29) is 17.7 Å². The molecular weight excluding hydrogens is 408 g/mol. The Morgan fingerprint density at radius 2 is 1.89 bits per heavy atom. The molecule has 0 bridgehead atoms. The number of thiophene rings is 1. The molecule has 142 valence electrons. The Morgan fingerprint density at radius 3 is 2.59 bits per heavy atom. The highest BCUT2D eigenvalue weighted by molar-refractivity contribution is 8.14. The van der Waals surface area contributed by atoms with Crippen molar-refractivity contribution in [2.24, 2.45) is 16.6 Å². The van der Waals surface area contributed by atoms with Crippen LogP contribution in [0, 0.1) is 13.8 Å². The summed E-state index contributed by atoms with van der Waals surface area (Å²) in [6, 6.07) is 0. The summed E-state index contributed by atoms with van der Waals surface area (Å²) < 4.78 is 1.91. The number of hydrogen-bond donors (Lipinski definition) is 3. The summed E-state index contributed by atoms with van der Waals surface area (Å²) in [5, 5.41) is 15.1. The minimum Gasteiger partial charge on any atom is -0.369 e. The number of hydrazone groups is 1. The number of aryl methyl sites for hydroxylation is 1. The monoisotopic (exact) mass is 424 g/mol. The van der Waals surface area contributed by atoms with Crippen LogP contribution in [0.3, 0.4) is 0 Å².